The summed E-state index contributed by atoms with van der Waals surface area (Å²) >= 11 is 0. The van der Waals surface area contributed by atoms with Crippen LogP contribution in [0.25, 0.3) is 0 Å². The number of aliphatic hydroxyl groups is 1. The Morgan fingerprint density at radius 1 is 0.962 bits per heavy atom. The first kappa shape index (κ1) is 18.8. The molecule has 2 aromatic rings. The highest BCUT2D eigenvalue weighted by Gasteiger charge is 2.36. The number of ketones is 1. The summed E-state index contributed by atoms with van der Waals surface area (Å²) in [4.78, 5) is 12.6. The van der Waals surface area contributed by atoms with Crippen LogP contribution in [0.5, 0.6) is 0 Å². The third kappa shape index (κ3) is 4.07. The molecule has 1 saturated carbocycles. The van der Waals surface area contributed by atoms with Crippen LogP contribution in [0.1, 0.15) is 86.1 Å². The van der Waals surface area contributed by atoms with Gasteiger partial charge in [-0.2, -0.15) is 0 Å². The molecule has 2 heteroatoms. The van der Waals surface area contributed by atoms with Crippen molar-refractivity contribution in [1.82, 2.24) is 0 Å². The van der Waals surface area contributed by atoms with Crippen molar-refractivity contribution in [2.75, 3.05) is 0 Å². The average Bonchev–Trinajstić information content (AvgIpc) is 3.04. The van der Waals surface area contributed by atoms with Crippen LogP contribution in [0.2, 0.25) is 0 Å². The van der Waals surface area contributed by atoms with Gasteiger partial charge in [0.05, 0.1) is 6.10 Å². The molecule has 2 aromatic carbocycles. The van der Waals surface area contributed by atoms with Crippen LogP contribution in [0, 0.1) is 0 Å². The van der Waals surface area contributed by atoms with E-state index in [2.05, 4.69) is 38.1 Å². The van der Waals surface area contributed by atoms with Gasteiger partial charge in [0.2, 0.25) is 0 Å². The van der Waals surface area contributed by atoms with Crippen LogP contribution in [0.15, 0.2) is 48.5 Å². The number of rotatable bonds is 7. The molecule has 0 spiro atoms. The Morgan fingerprint density at radius 3 is 2.23 bits per heavy atom. The lowest BCUT2D eigenvalue weighted by molar-refractivity contribution is -0.118. The second-order valence-corrected chi connectivity index (χ2v) is 7.55. The van der Waals surface area contributed by atoms with Gasteiger partial charge in [0.25, 0.3) is 0 Å². The first-order valence-corrected chi connectivity index (χ1v) is 10.0. The molecule has 1 fully saturated rings. The highest BCUT2D eigenvalue weighted by molar-refractivity contribution is 5.89. The van der Waals surface area contributed by atoms with E-state index in [-0.39, 0.29) is 11.8 Å². The van der Waals surface area contributed by atoms with E-state index in [0.717, 1.165) is 43.2 Å². The second-order valence-electron chi connectivity index (χ2n) is 7.55. The number of hydrogen-bond donors (Lipinski definition) is 1. The Bertz CT molecular complexity index is 715. The monoisotopic (exact) mass is 350 g/mol. The van der Waals surface area contributed by atoms with Gasteiger partial charge < -0.3 is 5.11 Å². The summed E-state index contributed by atoms with van der Waals surface area (Å²) in [5, 5.41) is 10.2. The van der Waals surface area contributed by atoms with Crippen molar-refractivity contribution in [3.05, 3.63) is 70.8 Å². The molecular weight excluding hydrogens is 320 g/mol. The summed E-state index contributed by atoms with van der Waals surface area (Å²) in [5.74, 6) is 0.559. The summed E-state index contributed by atoms with van der Waals surface area (Å²) in [7, 11) is 0. The van der Waals surface area contributed by atoms with Gasteiger partial charge in [-0.1, -0.05) is 75.2 Å². The van der Waals surface area contributed by atoms with Crippen molar-refractivity contribution < 1.29 is 9.90 Å². The van der Waals surface area contributed by atoms with Gasteiger partial charge in [0, 0.05) is 12.3 Å². The zero-order valence-corrected chi connectivity index (χ0v) is 15.9. The van der Waals surface area contributed by atoms with Crippen LogP contribution in [0.4, 0.5) is 0 Å². The Labute approximate surface area is 157 Å². The Hall–Kier alpha value is -1.93. The van der Waals surface area contributed by atoms with E-state index in [0.29, 0.717) is 12.2 Å². The van der Waals surface area contributed by atoms with Crippen LogP contribution >= 0.6 is 0 Å². The molecule has 2 nitrogen and oxygen atoms in total. The summed E-state index contributed by atoms with van der Waals surface area (Å²) < 4.78 is 0. The van der Waals surface area contributed by atoms with E-state index in [4.69, 9.17) is 0 Å². The van der Waals surface area contributed by atoms with Gasteiger partial charge in [0.1, 0.15) is 5.78 Å². The van der Waals surface area contributed by atoms with E-state index in [1.807, 2.05) is 24.3 Å². The summed E-state index contributed by atoms with van der Waals surface area (Å²) in [5.41, 5.74) is 4.67. The predicted molar refractivity (Wildman–Crippen MR) is 106 cm³/mol. The molecule has 0 aromatic heterocycles. The zero-order valence-electron chi connectivity index (χ0n) is 15.9. The van der Waals surface area contributed by atoms with E-state index in [1.54, 1.807) is 0 Å². The fourth-order valence-corrected chi connectivity index (χ4v) is 4.21. The molecule has 3 unspecified atom stereocenters. The van der Waals surface area contributed by atoms with Crippen molar-refractivity contribution >= 4 is 5.78 Å². The van der Waals surface area contributed by atoms with Gasteiger partial charge in [-0.3, -0.25) is 4.79 Å². The predicted octanol–water partition coefficient (Wildman–Crippen LogP) is 5.70. The van der Waals surface area contributed by atoms with Crippen molar-refractivity contribution in [1.29, 1.82) is 0 Å². The van der Waals surface area contributed by atoms with Crippen LogP contribution < -0.4 is 0 Å². The third-order valence-electron chi connectivity index (χ3n) is 5.64. The molecule has 1 aliphatic carbocycles. The van der Waals surface area contributed by atoms with Gasteiger partial charge >= 0.3 is 0 Å². The van der Waals surface area contributed by atoms with Crippen molar-refractivity contribution in [2.24, 2.45) is 0 Å². The molecule has 0 heterocycles. The van der Waals surface area contributed by atoms with Crippen molar-refractivity contribution in [3.63, 3.8) is 0 Å². The van der Waals surface area contributed by atoms with Crippen LogP contribution in [-0.4, -0.2) is 10.9 Å². The van der Waals surface area contributed by atoms with Crippen molar-refractivity contribution in [2.45, 2.75) is 70.3 Å². The summed E-state index contributed by atoms with van der Waals surface area (Å²) in [6, 6.07) is 16.9. The number of hydrogen-bond acceptors (Lipinski definition) is 2. The lowest BCUT2D eigenvalue weighted by Crippen LogP contribution is -2.12. The van der Waals surface area contributed by atoms with Gasteiger partial charge in [0.15, 0.2) is 0 Å². The Morgan fingerprint density at radius 2 is 1.62 bits per heavy atom. The lowest BCUT2D eigenvalue weighted by Gasteiger charge is -2.20. The molecule has 0 aliphatic heterocycles. The number of benzene rings is 2. The SMILES string of the molecule is CCCc1ccc(C2CCC(=O)C2c2ccc(C(O)CCC)cc2)cc1. The summed E-state index contributed by atoms with van der Waals surface area (Å²) in [6.07, 6.45) is 5.17. The Kier molecular flexibility index (Phi) is 6.26. The number of Topliss-reactive ketones (excluding diaryl/α,β-unsaturated/α-hetero) is 1. The molecule has 0 radical (unpaired) electrons. The molecule has 3 atom stereocenters. The quantitative estimate of drug-likeness (QED) is 0.695. The summed E-state index contributed by atoms with van der Waals surface area (Å²) in [6.45, 7) is 4.27. The normalized spacial score (nSPS) is 21.1. The lowest BCUT2D eigenvalue weighted by atomic mass is 9.83. The fourth-order valence-electron chi connectivity index (χ4n) is 4.21. The highest BCUT2D eigenvalue weighted by atomic mass is 16.3. The maximum absolute atomic E-state index is 12.6. The minimum absolute atomic E-state index is 0.0515. The standard InChI is InChI=1S/C24H30O2/c1-3-5-17-7-9-18(10-8-17)21-15-16-23(26)24(21)20-13-11-19(12-14-20)22(25)6-4-2/h7-14,21-22,24-25H,3-6,15-16H2,1-2H3. The molecule has 138 valence electrons. The first-order valence-electron chi connectivity index (χ1n) is 10.0. The Balaban J connectivity index is 1.81. The maximum atomic E-state index is 12.6. The first-order chi connectivity index (χ1) is 12.6. The fraction of sp³-hybridized carbons (Fsp3) is 0.458. The second kappa shape index (κ2) is 8.64. The van der Waals surface area contributed by atoms with Crippen molar-refractivity contribution in [3.8, 4) is 0 Å². The van der Waals surface area contributed by atoms with Gasteiger partial charge in [-0.15, -0.1) is 0 Å². The minimum atomic E-state index is -0.407. The molecule has 1 N–H and O–H groups in total. The van der Waals surface area contributed by atoms with Gasteiger partial charge in [-0.05, 0) is 47.4 Å². The largest absolute Gasteiger partial charge is 0.388 e. The molecule has 3 rings (SSSR count). The maximum Gasteiger partial charge on any atom is 0.140 e. The topological polar surface area (TPSA) is 37.3 Å². The van der Waals surface area contributed by atoms with E-state index < -0.39 is 6.10 Å². The van der Waals surface area contributed by atoms with Gasteiger partial charge in [-0.25, -0.2) is 0 Å². The van der Waals surface area contributed by atoms with E-state index in [9.17, 15) is 9.90 Å². The number of aryl methyl sites for hydroxylation is 1. The average molecular weight is 351 g/mol. The van der Waals surface area contributed by atoms with E-state index >= 15 is 0 Å². The smallest absolute Gasteiger partial charge is 0.140 e. The third-order valence-corrected chi connectivity index (χ3v) is 5.64. The van der Waals surface area contributed by atoms with Crippen LogP contribution in [0.3, 0.4) is 0 Å². The molecule has 1 aliphatic rings. The molecule has 26 heavy (non-hydrogen) atoms. The zero-order chi connectivity index (χ0) is 18.5. The number of aliphatic hydroxyl groups excluding tert-OH is 1. The van der Waals surface area contributed by atoms with Crippen LogP contribution in [-0.2, 0) is 11.2 Å². The number of carbonyl (C=O) groups is 1. The number of carbonyl (C=O) groups excluding carboxylic acids is 1. The molecule has 0 amide bonds. The molecule has 0 saturated heterocycles. The van der Waals surface area contributed by atoms with E-state index in [1.165, 1.54) is 11.1 Å². The molecule has 0 bridgehead atoms. The molecular formula is C24H30O2. The highest BCUT2D eigenvalue weighted by Crippen LogP contribution is 2.44. The minimum Gasteiger partial charge on any atom is -0.388 e.